The van der Waals surface area contributed by atoms with Crippen molar-refractivity contribution in [3.8, 4) is 5.69 Å². The predicted molar refractivity (Wildman–Crippen MR) is 117 cm³/mol. The van der Waals surface area contributed by atoms with Gasteiger partial charge in [0.25, 0.3) is 5.91 Å². The van der Waals surface area contributed by atoms with E-state index < -0.39 is 17.6 Å². The molecule has 3 heterocycles. The molecule has 1 aromatic carbocycles. The number of nitrogens with zero attached hydrogens (tertiary/aromatic N) is 5. The largest absolute Gasteiger partial charge is 0.416 e. The van der Waals surface area contributed by atoms with Crippen LogP contribution >= 0.6 is 23.2 Å². The van der Waals surface area contributed by atoms with Gasteiger partial charge in [0, 0.05) is 23.8 Å². The summed E-state index contributed by atoms with van der Waals surface area (Å²) in [5.74, 6) is -0.622. The molecule has 0 radical (unpaired) electrons. The van der Waals surface area contributed by atoms with E-state index in [4.69, 9.17) is 23.2 Å². The summed E-state index contributed by atoms with van der Waals surface area (Å²) in [5, 5.41) is 9.83. The molecule has 0 aliphatic carbocycles. The summed E-state index contributed by atoms with van der Waals surface area (Å²) in [6.07, 6.45) is -0.249. The van der Waals surface area contributed by atoms with Gasteiger partial charge < -0.3 is 14.6 Å². The van der Waals surface area contributed by atoms with Gasteiger partial charge in [0.15, 0.2) is 0 Å². The standard InChI is InChI=1S/C21H14Cl2F3N5O2/c22-17-16(18(23)29-11-28-17)20(33)31(7-8-32)15-9-12-5-6-30(19(12)27-10-15)14-3-1-13(2-4-14)21(24,25)26/h1-6,9-11,32H,7-8H2. The van der Waals surface area contributed by atoms with Crippen molar-refractivity contribution in [2.24, 2.45) is 0 Å². The third-order valence-corrected chi connectivity index (χ3v) is 5.41. The van der Waals surface area contributed by atoms with Crippen LogP contribution in [0.4, 0.5) is 18.9 Å². The first-order valence-electron chi connectivity index (χ1n) is 9.44. The number of pyridine rings is 1. The number of alkyl halides is 3. The zero-order valence-corrected chi connectivity index (χ0v) is 18.1. The van der Waals surface area contributed by atoms with Crippen LogP contribution in [0.2, 0.25) is 10.3 Å². The Kier molecular flexibility index (Phi) is 6.24. The summed E-state index contributed by atoms with van der Waals surface area (Å²) in [6.45, 7) is -0.424. The van der Waals surface area contributed by atoms with Crippen molar-refractivity contribution in [3.05, 3.63) is 76.6 Å². The fourth-order valence-corrected chi connectivity index (χ4v) is 3.76. The van der Waals surface area contributed by atoms with Gasteiger partial charge in [-0.2, -0.15) is 13.2 Å². The van der Waals surface area contributed by atoms with Crippen LogP contribution in [-0.2, 0) is 6.18 Å². The fourth-order valence-electron chi connectivity index (χ4n) is 3.28. The highest BCUT2D eigenvalue weighted by atomic mass is 35.5. The van der Waals surface area contributed by atoms with Crippen LogP contribution in [0.25, 0.3) is 16.7 Å². The molecule has 0 aliphatic heterocycles. The van der Waals surface area contributed by atoms with E-state index in [1.165, 1.54) is 23.2 Å². The van der Waals surface area contributed by atoms with E-state index in [0.717, 1.165) is 18.5 Å². The number of hydrogen-bond donors (Lipinski definition) is 1. The van der Waals surface area contributed by atoms with E-state index in [9.17, 15) is 23.1 Å². The molecule has 0 saturated heterocycles. The molecule has 0 spiro atoms. The maximum Gasteiger partial charge on any atom is 0.416 e. The monoisotopic (exact) mass is 495 g/mol. The lowest BCUT2D eigenvalue weighted by Crippen LogP contribution is -2.34. The molecule has 1 N–H and O–H groups in total. The number of anilines is 1. The predicted octanol–water partition coefficient (Wildman–Crippen LogP) is 4.78. The number of rotatable bonds is 5. The SMILES string of the molecule is O=C(c1c(Cl)ncnc1Cl)N(CCO)c1cnc2c(ccn2-c2ccc(C(F)(F)F)cc2)c1. The molecule has 33 heavy (non-hydrogen) atoms. The van der Waals surface area contributed by atoms with Crippen LogP contribution in [0.15, 0.2) is 55.1 Å². The minimum Gasteiger partial charge on any atom is -0.395 e. The highest BCUT2D eigenvalue weighted by molar-refractivity contribution is 6.39. The van der Waals surface area contributed by atoms with Crippen LogP contribution in [0, 0.1) is 0 Å². The second kappa shape index (κ2) is 8.97. The Bertz CT molecular complexity index is 1310. The van der Waals surface area contributed by atoms with Crippen LogP contribution in [-0.4, -0.2) is 43.7 Å². The topological polar surface area (TPSA) is 84.1 Å². The number of aromatic nitrogens is 4. The summed E-state index contributed by atoms with van der Waals surface area (Å²) in [7, 11) is 0. The lowest BCUT2D eigenvalue weighted by molar-refractivity contribution is -0.137. The first-order valence-corrected chi connectivity index (χ1v) is 10.2. The number of aliphatic hydroxyl groups is 1. The van der Waals surface area contributed by atoms with E-state index >= 15 is 0 Å². The lowest BCUT2D eigenvalue weighted by atomic mass is 10.2. The third kappa shape index (κ3) is 4.50. The van der Waals surface area contributed by atoms with E-state index in [1.54, 1.807) is 22.9 Å². The molecule has 0 fully saturated rings. The molecule has 3 aromatic heterocycles. The quantitative estimate of drug-likeness (QED) is 0.402. The maximum absolute atomic E-state index is 13.1. The molecule has 1 amide bonds. The molecule has 170 valence electrons. The summed E-state index contributed by atoms with van der Waals surface area (Å²) in [6, 6.07) is 8.04. The number of benzene rings is 1. The van der Waals surface area contributed by atoms with Gasteiger partial charge in [0.2, 0.25) is 0 Å². The Labute approximate surface area is 195 Å². The first-order chi connectivity index (χ1) is 15.7. The molecule has 0 unspecified atom stereocenters. The highest BCUT2D eigenvalue weighted by Crippen LogP contribution is 2.31. The Morgan fingerprint density at radius 2 is 1.73 bits per heavy atom. The van der Waals surface area contributed by atoms with E-state index in [2.05, 4.69) is 15.0 Å². The summed E-state index contributed by atoms with van der Waals surface area (Å²) in [4.78, 5) is 26.3. The van der Waals surface area contributed by atoms with Gasteiger partial charge in [0.1, 0.15) is 27.8 Å². The molecule has 7 nitrogen and oxygen atoms in total. The first kappa shape index (κ1) is 23.0. The van der Waals surface area contributed by atoms with Crippen LogP contribution in [0.5, 0.6) is 0 Å². The zero-order chi connectivity index (χ0) is 23.8. The molecular formula is C21H14Cl2F3N5O2. The molecule has 0 bridgehead atoms. The number of carbonyl (C=O) groups excluding carboxylic acids is 1. The van der Waals surface area contributed by atoms with E-state index in [-0.39, 0.29) is 29.0 Å². The van der Waals surface area contributed by atoms with Crippen molar-refractivity contribution in [3.63, 3.8) is 0 Å². The average molecular weight is 496 g/mol. The molecule has 12 heteroatoms. The smallest absolute Gasteiger partial charge is 0.395 e. The normalized spacial score (nSPS) is 11.7. The van der Waals surface area contributed by atoms with Gasteiger partial charge in [-0.05, 0) is 36.4 Å². The van der Waals surface area contributed by atoms with Gasteiger partial charge in [-0.1, -0.05) is 23.2 Å². The Balaban J connectivity index is 1.71. The number of carbonyl (C=O) groups is 1. The number of aliphatic hydroxyl groups excluding tert-OH is 1. The fraction of sp³-hybridized carbons (Fsp3) is 0.143. The van der Waals surface area contributed by atoms with Gasteiger partial charge in [-0.15, -0.1) is 0 Å². The molecule has 4 rings (SSSR count). The number of halogens is 5. The second-order valence-corrected chi connectivity index (χ2v) is 7.56. The molecule has 0 atom stereocenters. The van der Waals surface area contributed by atoms with Crippen molar-refractivity contribution < 1.29 is 23.1 Å². The van der Waals surface area contributed by atoms with Crippen molar-refractivity contribution in [1.29, 1.82) is 0 Å². The number of hydrogen-bond acceptors (Lipinski definition) is 5. The third-order valence-electron chi connectivity index (χ3n) is 4.83. The molecular weight excluding hydrogens is 482 g/mol. The zero-order valence-electron chi connectivity index (χ0n) is 16.6. The van der Waals surface area contributed by atoms with Crippen LogP contribution in [0.3, 0.4) is 0 Å². The number of amides is 1. The molecule has 4 aromatic rings. The summed E-state index contributed by atoms with van der Waals surface area (Å²) >= 11 is 12.1. The second-order valence-electron chi connectivity index (χ2n) is 6.85. The Morgan fingerprint density at radius 1 is 1.06 bits per heavy atom. The molecule has 0 saturated carbocycles. The average Bonchev–Trinajstić information content (AvgIpc) is 3.20. The molecule has 0 aliphatic rings. The van der Waals surface area contributed by atoms with Crippen molar-refractivity contribution in [2.45, 2.75) is 6.18 Å². The Morgan fingerprint density at radius 3 is 2.33 bits per heavy atom. The highest BCUT2D eigenvalue weighted by Gasteiger charge is 2.30. The van der Waals surface area contributed by atoms with E-state index in [1.807, 2.05) is 0 Å². The maximum atomic E-state index is 13.1. The lowest BCUT2D eigenvalue weighted by Gasteiger charge is -2.22. The Hall–Kier alpha value is -3.21. The van der Waals surface area contributed by atoms with Crippen molar-refractivity contribution in [2.75, 3.05) is 18.1 Å². The van der Waals surface area contributed by atoms with Crippen LogP contribution in [0.1, 0.15) is 15.9 Å². The minimum absolute atomic E-state index is 0.0762. The summed E-state index contributed by atoms with van der Waals surface area (Å²) < 4.78 is 40.1. The van der Waals surface area contributed by atoms with Gasteiger partial charge in [-0.3, -0.25) is 4.79 Å². The van der Waals surface area contributed by atoms with Gasteiger partial charge in [0.05, 0.1) is 24.1 Å². The van der Waals surface area contributed by atoms with Crippen molar-refractivity contribution in [1.82, 2.24) is 19.5 Å². The van der Waals surface area contributed by atoms with Crippen molar-refractivity contribution >= 4 is 45.8 Å². The number of fused-ring (bicyclic) bond motifs is 1. The van der Waals surface area contributed by atoms with Gasteiger partial charge >= 0.3 is 6.18 Å². The van der Waals surface area contributed by atoms with Gasteiger partial charge in [-0.25, -0.2) is 15.0 Å². The van der Waals surface area contributed by atoms with Crippen LogP contribution < -0.4 is 4.90 Å². The minimum atomic E-state index is -4.43. The van der Waals surface area contributed by atoms with E-state index in [0.29, 0.717) is 22.4 Å². The summed E-state index contributed by atoms with van der Waals surface area (Å²) in [5.41, 5.74) is 0.438.